The zero-order chi connectivity index (χ0) is 19.5. The van der Waals surface area contributed by atoms with Crippen LogP contribution in [0.2, 0.25) is 0 Å². The minimum Gasteiger partial charge on any atom is -0.289 e. The standard InChI is InChI=1S/C25H20N2O/c1-25(2,3)16-10-8-15(9-11-16)21-14-19-22-20(27-21)12-13-26-23(22)17-6-4-5-7-18(17)24(19)28/h4-14H,1-3H3. The molecule has 0 aliphatic heterocycles. The molecule has 0 bridgehead atoms. The van der Waals surface area contributed by atoms with Gasteiger partial charge in [0.1, 0.15) is 0 Å². The largest absolute Gasteiger partial charge is 0.289 e. The van der Waals surface area contributed by atoms with E-state index in [1.807, 2.05) is 36.4 Å². The van der Waals surface area contributed by atoms with Gasteiger partial charge < -0.3 is 0 Å². The molecule has 2 aromatic carbocycles. The van der Waals surface area contributed by atoms with Gasteiger partial charge in [-0.25, -0.2) is 4.98 Å². The highest BCUT2D eigenvalue weighted by Crippen LogP contribution is 2.38. The van der Waals surface area contributed by atoms with Gasteiger partial charge in [-0.1, -0.05) is 69.3 Å². The molecule has 0 unspecified atom stereocenters. The van der Waals surface area contributed by atoms with E-state index in [0.717, 1.165) is 33.4 Å². The van der Waals surface area contributed by atoms with Crippen LogP contribution in [0.25, 0.3) is 33.4 Å². The number of hydrogen-bond donors (Lipinski definition) is 0. The molecule has 0 saturated carbocycles. The maximum Gasteiger partial charge on any atom is 0.194 e. The highest BCUT2D eigenvalue weighted by Gasteiger charge is 2.27. The lowest BCUT2D eigenvalue weighted by Gasteiger charge is -2.20. The van der Waals surface area contributed by atoms with E-state index in [4.69, 9.17) is 4.98 Å². The Morgan fingerprint density at radius 1 is 0.821 bits per heavy atom. The number of pyridine rings is 2. The van der Waals surface area contributed by atoms with Crippen molar-refractivity contribution < 1.29 is 4.79 Å². The Hall–Kier alpha value is -3.33. The second-order valence-corrected chi connectivity index (χ2v) is 8.31. The van der Waals surface area contributed by atoms with Gasteiger partial charge in [-0.3, -0.25) is 9.78 Å². The minimum absolute atomic E-state index is 0.0380. The number of nitrogens with zero attached hydrogens (tertiary/aromatic N) is 2. The zero-order valence-corrected chi connectivity index (χ0v) is 16.2. The minimum atomic E-state index is 0.0380. The van der Waals surface area contributed by atoms with Crippen LogP contribution in [-0.4, -0.2) is 15.8 Å². The molecular formula is C25H20N2O. The van der Waals surface area contributed by atoms with Crippen LogP contribution in [0.1, 0.15) is 42.3 Å². The summed E-state index contributed by atoms with van der Waals surface area (Å²) < 4.78 is 0. The predicted molar refractivity (Wildman–Crippen MR) is 113 cm³/mol. The van der Waals surface area contributed by atoms with Gasteiger partial charge in [0, 0.05) is 33.8 Å². The number of carbonyl (C=O) groups excluding carboxylic acids is 1. The maximum absolute atomic E-state index is 13.2. The van der Waals surface area contributed by atoms with Crippen molar-refractivity contribution >= 4 is 16.7 Å². The number of benzene rings is 2. The highest BCUT2D eigenvalue weighted by molar-refractivity contribution is 6.25. The van der Waals surface area contributed by atoms with Crippen molar-refractivity contribution in [1.29, 1.82) is 0 Å². The fourth-order valence-corrected chi connectivity index (χ4v) is 3.89. The van der Waals surface area contributed by atoms with Crippen molar-refractivity contribution in [3.8, 4) is 22.5 Å². The number of ketones is 1. The monoisotopic (exact) mass is 364 g/mol. The molecule has 136 valence electrons. The summed E-state index contributed by atoms with van der Waals surface area (Å²) in [4.78, 5) is 22.6. The summed E-state index contributed by atoms with van der Waals surface area (Å²) in [6, 6.07) is 19.9. The summed E-state index contributed by atoms with van der Waals surface area (Å²) in [5.41, 5.74) is 7.11. The molecule has 0 saturated heterocycles. The van der Waals surface area contributed by atoms with E-state index in [2.05, 4.69) is 50.0 Å². The van der Waals surface area contributed by atoms with Gasteiger partial charge in [-0.05, 0) is 23.1 Å². The number of rotatable bonds is 1. The Bertz CT molecular complexity index is 1250. The fraction of sp³-hybridized carbons (Fsp3) is 0.160. The van der Waals surface area contributed by atoms with Gasteiger partial charge in [-0.15, -0.1) is 0 Å². The van der Waals surface area contributed by atoms with Crippen LogP contribution in [0.15, 0.2) is 66.9 Å². The normalized spacial score (nSPS) is 12.9. The van der Waals surface area contributed by atoms with Crippen LogP contribution in [0.3, 0.4) is 0 Å². The van der Waals surface area contributed by atoms with E-state index in [1.54, 1.807) is 6.20 Å². The van der Waals surface area contributed by atoms with Gasteiger partial charge in [0.05, 0.1) is 16.9 Å². The van der Waals surface area contributed by atoms with Crippen LogP contribution < -0.4 is 0 Å². The van der Waals surface area contributed by atoms with Crippen molar-refractivity contribution in [2.75, 3.05) is 0 Å². The molecule has 2 heterocycles. The predicted octanol–water partition coefficient (Wildman–Crippen LogP) is 5.81. The van der Waals surface area contributed by atoms with E-state index >= 15 is 0 Å². The Balaban J connectivity index is 1.74. The molecule has 3 heteroatoms. The molecule has 3 nitrogen and oxygen atoms in total. The first-order valence-electron chi connectivity index (χ1n) is 9.48. The highest BCUT2D eigenvalue weighted by atomic mass is 16.1. The second-order valence-electron chi connectivity index (χ2n) is 8.31. The summed E-state index contributed by atoms with van der Waals surface area (Å²) in [7, 11) is 0. The lowest BCUT2D eigenvalue weighted by atomic mass is 9.85. The molecule has 0 spiro atoms. The molecule has 0 fully saturated rings. The SMILES string of the molecule is CC(C)(C)c1ccc(-c2cc3c4c(nccc4n2)-c2ccccc2C3=O)cc1. The van der Waals surface area contributed by atoms with Crippen LogP contribution in [0, 0.1) is 0 Å². The van der Waals surface area contributed by atoms with Gasteiger partial charge in [0.2, 0.25) is 0 Å². The van der Waals surface area contributed by atoms with Crippen LogP contribution in [-0.2, 0) is 5.41 Å². The van der Waals surface area contributed by atoms with Crippen molar-refractivity contribution in [2.45, 2.75) is 26.2 Å². The topological polar surface area (TPSA) is 42.9 Å². The van der Waals surface area contributed by atoms with Crippen LogP contribution in [0.5, 0.6) is 0 Å². The van der Waals surface area contributed by atoms with E-state index in [0.29, 0.717) is 11.1 Å². The number of fused-ring (bicyclic) bond motifs is 2. The van der Waals surface area contributed by atoms with Crippen LogP contribution in [0.4, 0.5) is 0 Å². The van der Waals surface area contributed by atoms with Crippen molar-refractivity contribution in [3.63, 3.8) is 0 Å². The Labute approximate surface area is 164 Å². The van der Waals surface area contributed by atoms with Crippen LogP contribution >= 0.6 is 0 Å². The zero-order valence-electron chi connectivity index (χ0n) is 16.2. The van der Waals surface area contributed by atoms with Gasteiger partial charge >= 0.3 is 0 Å². The third-order valence-corrected chi connectivity index (χ3v) is 5.44. The first kappa shape index (κ1) is 16.8. The molecule has 0 N–H and O–H groups in total. The molecule has 5 rings (SSSR count). The summed E-state index contributed by atoms with van der Waals surface area (Å²) in [6.07, 6.45) is 1.77. The molecule has 0 radical (unpaired) electrons. The van der Waals surface area contributed by atoms with Gasteiger partial charge in [0.15, 0.2) is 5.78 Å². The molecule has 0 amide bonds. The third-order valence-electron chi connectivity index (χ3n) is 5.44. The van der Waals surface area contributed by atoms with Crippen molar-refractivity contribution in [2.24, 2.45) is 0 Å². The third kappa shape index (κ3) is 2.47. The second kappa shape index (κ2) is 5.83. The first-order valence-corrected chi connectivity index (χ1v) is 9.48. The summed E-state index contributed by atoms with van der Waals surface area (Å²) >= 11 is 0. The molecular weight excluding hydrogens is 344 g/mol. The van der Waals surface area contributed by atoms with E-state index < -0.39 is 0 Å². The number of aromatic nitrogens is 2. The molecule has 2 aromatic heterocycles. The van der Waals surface area contributed by atoms with Gasteiger partial charge in [0.25, 0.3) is 0 Å². The summed E-state index contributed by atoms with van der Waals surface area (Å²) in [5, 5.41) is 0.848. The molecule has 4 aromatic rings. The molecule has 1 aliphatic carbocycles. The Morgan fingerprint density at radius 2 is 1.54 bits per heavy atom. The quantitative estimate of drug-likeness (QED) is 0.377. The Morgan fingerprint density at radius 3 is 2.25 bits per heavy atom. The maximum atomic E-state index is 13.2. The fourth-order valence-electron chi connectivity index (χ4n) is 3.89. The summed E-state index contributed by atoms with van der Waals surface area (Å²) in [5.74, 6) is 0.0380. The van der Waals surface area contributed by atoms with Crippen molar-refractivity contribution in [3.05, 3.63) is 83.6 Å². The number of hydrogen-bond acceptors (Lipinski definition) is 3. The molecule has 28 heavy (non-hydrogen) atoms. The first-order chi connectivity index (χ1) is 13.4. The summed E-state index contributed by atoms with van der Waals surface area (Å²) in [6.45, 7) is 6.60. The van der Waals surface area contributed by atoms with E-state index in [-0.39, 0.29) is 11.2 Å². The molecule has 1 aliphatic rings. The van der Waals surface area contributed by atoms with Gasteiger partial charge in [-0.2, -0.15) is 0 Å². The van der Waals surface area contributed by atoms with Crippen molar-refractivity contribution in [1.82, 2.24) is 9.97 Å². The van der Waals surface area contributed by atoms with E-state index in [9.17, 15) is 4.79 Å². The average Bonchev–Trinajstić information content (AvgIpc) is 2.71. The van der Waals surface area contributed by atoms with E-state index in [1.165, 1.54) is 5.56 Å². The Kier molecular flexibility index (Phi) is 3.50. The smallest absolute Gasteiger partial charge is 0.194 e. The lowest BCUT2D eigenvalue weighted by Crippen LogP contribution is -2.12. The molecule has 0 atom stereocenters. The average molecular weight is 364 g/mol. The lowest BCUT2D eigenvalue weighted by molar-refractivity contribution is 0.104. The number of carbonyl (C=O) groups is 1.